The molecule has 8 heteroatoms. The van der Waals surface area contributed by atoms with Crippen LogP contribution in [0, 0.1) is 0 Å². The number of hydrogen-bond acceptors (Lipinski definition) is 5. The number of aliphatic carboxylic acids is 2. The van der Waals surface area contributed by atoms with E-state index in [1.165, 1.54) is 0 Å². The van der Waals surface area contributed by atoms with Gasteiger partial charge in [0.15, 0.2) is 0 Å². The molecular weight excluding hydrogens is 398 g/mol. The first-order chi connectivity index (χ1) is 15.0. The van der Waals surface area contributed by atoms with E-state index in [-0.39, 0.29) is 6.54 Å². The van der Waals surface area contributed by atoms with Crippen LogP contribution in [0.5, 0.6) is 5.75 Å². The Morgan fingerprint density at radius 1 is 1.00 bits per heavy atom. The third-order valence-electron chi connectivity index (χ3n) is 5.77. The van der Waals surface area contributed by atoms with E-state index < -0.39 is 18.0 Å². The molecule has 1 saturated heterocycles. The smallest absolute Gasteiger partial charge is 0.325 e. The van der Waals surface area contributed by atoms with Gasteiger partial charge in [0.1, 0.15) is 18.3 Å². The summed E-state index contributed by atoms with van der Waals surface area (Å²) in [6.07, 6.45) is 1.67. The number of methoxy groups -OCH3 is 1. The van der Waals surface area contributed by atoms with Crippen LogP contribution in [0.3, 0.4) is 0 Å². The van der Waals surface area contributed by atoms with Crippen molar-refractivity contribution in [3.63, 3.8) is 0 Å². The van der Waals surface area contributed by atoms with Crippen molar-refractivity contribution in [2.24, 2.45) is 0 Å². The average molecular weight is 423 g/mol. The minimum absolute atomic E-state index is 0.210. The van der Waals surface area contributed by atoms with E-state index in [4.69, 9.17) is 4.74 Å². The van der Waals surface area contributed by atoms with Crippen molar-refractivity contribution in [2.75, 3.05) is 38.2 Å². The quantitative estimate of drug-likeness (QED) is 0.603. The predicted molar refractivity (Wildman–Crippen MR) is 117 cm³/mol. The van der Waals surface area contributed by atoms with Gasteiger partial charge in [0, 0.05) is 54.5 Å². The Balaban J connectivity index is 1.58. The fourth-order valence-corrected chi connectivity index (χ4v) is 4.29. The molecule has 1 aliphatic heterocycles. The zero-order chi connectivity index (χ0) is 22.0. The van der Waals surface area contributed by atoms with Crippen molar-refractivity contribution < 1.29 is 24.5 Å². The first-order valence-electron chi connectivity index (χ1n) is 10.1. The monoisotopic (exact) mass is 423 g/mol. The van der Waals surface area contributed by atoms with E-state index in [1.54, 1.807) is 17.9 Å². The van der Waals surface area contributed by atoms with Gasteiger partial charge in [0.2, 0.25) is 0 Å². The van der Waals surface area contributed by atoms with Crippen LogP contribution in [0.4, 0.5) is 5.69 Å². The number of para-hydroxylation sites is 1. The van der Waals surface area contributed by atoms with Gasteiger partial charge in [-0.2, -0.15) is 0 Å². The lowest BCUT2D eigenvalue weighted by Gasteiger charge is -2.38. The molecule has 1 atom stereocenters. The van der Waals surface area contributed by atoms with Gasteiger partial charge in [0.05, 0.1) is 7.11 Å². The molecule has 162 valence electrons. The molecule has 2 heterocycles. The van der Waals surface area contributed by atoms with Crippen LogP contribution in [0.15, 0.2) is 54.7 Å². The number of carboxylic acid groups (broad SMARTS) is 2. The molecule has 0 spiro atoms. The van der Waals surface area contributed by atoms with Crippen LogP contribution in [0.2, 0.25) is 0 Å². The molecule has 2 N–H and O–H groups in total. The van der Waals surface area contributed by atoms with Crippen molar-refractivity contribution in [1.82, 2.24) is 9.47 Å². The molecule has 1 fully saturated rings. The molecule has 0 aliphatic carbocycles. The summed E-state index contributed by atoms with van der Waals surface area (Å²) in [5.41, 5.74) is 2.43. The Kier molecular flexibility index (Phi) is 5.81. The average Bonchev–Trinajstić information content (AvgIpc) is 3.12. The maximum absolute atomic E-state index is 12.3. The summed E-state index contributed by atoms with van der Waals surface area (Å²) < 4.78 is 6.82. The number of benzene rings is 2. The first-order valence-corrected chi connectivity index (χ1v) is 10.1. The summed E-state index contributed by atoms with van der Waals surface area (Å²) in [5.74, 6) is -1.10. The molecule has 1 aromatic heterocycles. The van der Waals surface area contributed by atoms with Crippen LogP contribution >= 0.6 is 0 Å². The third kappa shape index (κ3) is 4.20. The van der Waals surface area contributed by atoms with E-state index >= 15 is 0 Å². The Morgan fingerprint density at radius 3 is 2.29 bits per heavy atom. The van der Waals surface area contributed by atoms with Gasteiger partial charge in [-0.05, 0) is 30.3 Å². The number of anilines is 1. The molecule has 0 amide bonds. The highest BCUT2D eigenvalue weighted by Gasteiger charge is 2.33. The molecular formula is C23H25N3O5. The van der Waals surface area contributed by atoms with Gasteiger partial charge < -0.3 is 24.4 Å². The van der Waals surface area contributed by atoms with Crippen molar-refractivity contribution in [3.8, 4) is 5.75 Å². The Labute approximate surface area is 179 Å². The number of aromatic nitrogens is 1. The number of nitrogens with zero attached hydrogens (tertiary/aromatic N) is 3. The molecule has 1 aliphatic rings. The van der Waals surface area contributed by atoms with Crippen molar-refractivity contribution in [1.29, 1.82) is 0 Å². The summed E-state index contributed by atoms with van der Waals surface area (Å²) in [7, 11) is 1.63. The topological polar surface area (TPSA) is 95.2 Å². The van der Waals surface area contributed by atoms with E-state index in [9.17, 15) is 19.8 Å². The second-order valence-electron chi connectivity index (χ2n) is 7.59. The predicted octanol–water partition coefficient (Wildman–Crippen LogP) is 2.68. The summed E-state index contributed by atoms with van der Waals surface area (Å²) in [4.78, 5) is 27.8. The van der Waals surface area contributed by atoms with Gasteiger partial charge in [-0.25, -0.2) is 0 Å². The zero-order valence-corrected chi connectivity index (χ0v) is 17.3. The standard InChI is InChI=1S/C23H25N3O5/c1-31-17-8-6-16(7-9-17)24-10-12-25(13-11-24)22(23(29)30)19-14-26(15-21(27)28)20-5-3-2-4-18(19)20/h2-9,14,22H,10-13,15H2,1H3,(H,27,28)(H,29,30)/t22-/m0/s1. The Morgan fingerprint density at radius 2 is 1.68 bits per heavy atom. The molecule has 0 saturated carbocycles. The van der Waals surface area contributed by atoms with Crippen LogP contribution in [0.25, 0.3) is 10.9 Å². The molecule has 8 nitrogen and oxygen atoms in total. The highest BCUT2D eigenvalue weighted by molar-refractivity contribution is 5.90. The summed E-state index contributed by atoms with van der Waals surface area (Å²) >= 11 is 0. The van der Waals surface area contributed by atoms with Gasteiger partial charge in [-0.1, -0.05) is 18.2 Å². The van der Waals surface area contributed by atoms with Gasteiger partial charge in [-0.3, -0.25) is 14.5 Å². The number of carboxylic acids is 2. The zero-order valence-electron chi connectivity index (χ0n) is 17.3. The Bertz CT molecular complexity index is 1080. The lowest BCUT2D eigenvalue weighted by Crippen LogP contribution is -2.49. The minimum atomic E-state index is -0.965. The molecule has 31 heavy (non-hydrogen) atoms. The maximum atomic E-state index is 12.3. The molecule has 0 radical (unpaired) electrons. The SMILES string of the molecule is COc1ccc(N2CCN([C@H](C(=O)O)c3cn(CC(=O)O)c4ccccc34)CC2)cc1. The van der Waals surface area contributed by atoms with Crippen molar-refractivity contribution in [3.05, 3.63) is 60.3 Å². The van der Waals surface area contributed by atoms with Crippen LogP contribution in [0.1, 0.15) is 11.6 Å². The highest BCUT2D eigenvalue weighted by Crippen LogP contribution is 2.32. The highest BCUT2D eigenvalue weighted by atomic mass is 16.5. The molecule has 3 aromatic rings. The third-order valence-corrected chi connectivity index (χ3v) is 5.77. The van der Waals surface area contributed by atoms with E-state index in [0.29, 0.717) is 31.7 Å². The van der Waals surface area contributed by atoms with Gasteiger partial charge in [0.25, 0.3) is 0 Å². The fourth-order valence-electron chi connectivity index (χ4n) is 4.29. The van der Waals surface area contributed by atoms with Crippen molar-refractivity contribution in [2.45, 2.75) is 12.6 Å². The summed E-state index contributed by atoms with van der Waals surface area (Å²) in [6.45, 7) is 2.36. The lowest BCUT2D eigenvalue weighted by molar-refractivity contribution is -0.143. The molecule has 0 bridgehead atoms. The Hall–Kier alpha value is -3.52. The minimum Gasteiger partial charge on any atom is -0.497 e. The van der Waals surface area contributed by atoms with E-state index in [0.717, 1.165) is 22.3 Å². The van der Waals surface area contributed by atoms with Crippen LogP contribution in [-0.4, -0.2) is 64.9 Å². The van der Waals surface area contributed by atoms with Crippen LogP contribution in [-0.2, 0) is 16.1 Å². The first kappa shape index (κ1) is 20.7. The number of hydrogen-bond donors (Lipinski definition) is 2. The number of rotatable bonds is 7. The number of fused-ring (bicyclic) bond motifs is 1. The fraction of sp³-hybridized carbons (Fsp3) is 0.304. The van der Waals surface area contributed by atoms with E-state index in [2.05, 4.69) is 4.90 Å². The molecule has 4 rings (SSSR count). The lowest BCUT2D eigenvalue weighted by atomic mass is 10.0. The summed E-state index contributed by atoms with van der Waals surface area (Å²) in [5, 5.41) is 20.1. The second-order valence-corrected chi connectivity index (χ2v) is 7.59. The molecule has 0 unspecified atom stereocenters. The molecule has 2 aromatic carbocycles. The van der Waals surface area contributed by atoms with E-state index in [1.807, 2.05) is 53.4 Å². The summed E-state index contributed by atoms with van der Waals surface area (Å²) in [6, 6.07) is 14.3. The normalized spacial score (nSPS) is 15.7. The number of piperazine rings is 1. The number of carbonyl (C=O) groups is 2. The van der Waals surface area contributed by atoms with Crippen LogP contribution < -0.4 is 9.64 Å². The van der Waals surface area contributed by atoms with Gasteiger partial charge in [-0.15, -0.1) is 0 Å². The largest absolute Gasteiger partial charge is 0.497 e. The number of ether oxygens (including phenoxy) is 1. The second kappa shape index (κ2) is 8.69. The van der Waals surface area contributed by atoms with Crippen molar-refractivity contribution >= 4 is 28.5 Å². The van der Waals surface area contributed by atoms with Gasteiger partial charge >= 0.3 is 11.9 Å². The maximum Gasteiger partial charge on any atom is 0.325 e.